The van der Waals surface area contributed by atoms with Crippen LogP contribution in [-0.2, 0) is 6.42 Å². The molecule has 1 aromatic carbocycles. The standard InChI is InChI=1S/C12H17FO2/c1-3-12(2,15)11(14)8-9-6-4-5-7-10(9)13/h4-7,11,14-15H,3,8H2,1-2H3. The van der Waals surface area contributed by atoms with Crippen LogP contribution in [0.4, 0.5) is 4.39 Å². The van der Waals surface area contributed by atoms with Crippen molar-refractivity contribution in [1.82, 2.24) is 0 Å². The van der Waals surface area contributed by atoms with Crippen molar-refractivity contribution in [3.05, 3.63) is 35.6 Å². The van der Waals surface area contributed by atoms with Crippen molar-refractivity contribution >= 4 is 0 Å². The van der Waals surface area contributed by atoms with Gasteiger partial charge in [-0.2, -0.15) is 0 Å². The zero-order valence-electron chi connectivity index (χ0n) is 9.07. The third-order valence-corrected chi connectivity index (χ3v) is 2.80. The topological polar surface area (TPSA) is 40.5 Å². The second-order valence-corrected chi connectivity index (χ2v) is 4.02. The van der Waals surface area contributed by atoms with Crippen LogP contribution < -0.4 is 0 Å². The van der Waals surface area contributed by atoms with Gasteiger partial charge in [0, 0.05) is 6.42 Å². The highest BCUT2D eigenvalue weighted by Gasteiger charge is 2.28. The highest BCUT2D eigenvalue weighted by molar-refractivity contribution is 5.18. The number of benzene rings is 1. The van der Waals surface area contributed by atoms with Gasteiger partial charge in [-0.1, -0.05) is 25.1 Å². The number of hydrogen-bond donors (Lipinski definition) is 2. The molecule has 2 N–H and O–H groups in total. The fourth-order valence-electron chi connectivity index (χ4n) is 1.33. The van der Waals surface area contributed by atoms with E-state index in [1.165, 1.54) is 6.07 Å². The molecule has 0 radical (unpaired) electrons. The predicted octanol–water partition coefficient (Wildman–Crippen LogP) is 1.89. The molecule has 0 amide bonds. The molecule has 15 heavy (non-hydrogen) atoms. The molecule has 3 heteroatoms. The molecule has 2 unspecified atom stereocenters. The highest BCUT2D eigenvalue weighted by Crippen LogP contribution is 2.19. The van der Waals surface area contributed by atoms with E-state index in [9.17, 15) is 14.6 Å². The predicted molar refractivity (Wildman–Crippen MR) is 57.0 cm³/mol. The number of hydrogen-bond acceptors (Lipinski definition) is 2. The van der Waals surface area contributed by atoms with Crippen molar-refractivity contribution in [1.29, 1.82) is 0 Å². The van der Waals surface area contributed by atoms with Crippen LogP contribution in [0.3, 0.4) is 0 Å². The molecule has 0 saturated carbocycles. The molecular weight excluding hydrogens is 195 g/mol. The largest absolute Gasteiger partial charge is 0.390 e. The van der Waals surface area contributed by atoms with Crippen molar-refractivity contribution in [2.75, 3.05) is 0 Å². The smallest absolute Gasteiger partial charge is 0.126 e. The molecule has 0 heterocycles. The average molecular weight is 212 g/mol. The SMILES string of the molecule is CCC(C)(O)C(O)Cc1ccccc1F. The fourth-order valence-corrected chi connectivity index (χ4v) is 1.33. The molecule has 0 bridgehead atoms. The van der Waals surface area contributed by atoms with Gasteiger partial charge in [0.15, 0.2) is 0 Å². The van der Waals surface area contributed by atoms with E-state index in [1.54, 1.807) is 32.0 Å². The first-order valence-electron chi connectivity index (χ1n) is 5.11. The Morgan fingerprint density at radius 2 is 2.00 bits per heavy atom. The van der Waals surface area contributed by atoms with Crippen molar-refractivity contribution in [3.63, 3.8) is 0 Å². The van der Waals surface area contributed by atoms with Crippen LogP contribution in [0.2, 0.25) is 0 Å². The Balaban J connectivity index is 2.75. The molecule has 2 atom stereocenters. The first-order valence-corrected chi connectivity index (χ1v) is 5.11. The summed E-state index contributed by atoms with van der Waals surface area (Å²) in [5, 5.41) is 19.5. The summed E-state index contributed by atoms with van der Waals surface area (Å²) in [6.07, 6.45) is -0.379. The van der Waals surface area contributed by atoms with Gasteiger partial charge in [0.2, 0.25) is 0 Å². The van der Waals surface area contributed by atoms with Crippen LogP contribution in [0, 0.1) is 5.82 Å². The Morgan fingerprint density at radius 1 is 1.40 bits per heavy atom. The van der Waals surface area contributed by atoms with Crippen molar-refractivity contribution in [2.45, 2.75) is 38.4 Å². The van der Waals surface area contributed by atoms with Crippen LogP contribution in [0.1, 0.15) is 25.8 Å². The van der Waals surface area contributed by atoms with Gasteiger partial charge in [-0.15, -0.1) is 0 Å². The number of rotatable bonds is 4. The minimum atomic E-state index is -1.16. The molecule has 0 aliphatic carbocycles. The maximum absolute atomic E-state index is 13.2. The normalized spacial score (nSPS) is 17.1. The first-order chi connectivity index (χ1) is 6.97. The Morgan fingerprint density at radius 3 is 2.53 bits per heavy atom. The first kappa shape index (κ1) is 12.1. The highest BCUT2D eigenvalue weighted by atomic mass is 19.1. The molecule has 0 fully saturated rings. The van der Waals surface area contributed by atoms with E-state index >= 15 is 0 Å². The zero-order valence-corrected chi connectivity index (χ0v) is 9.07. The Kier molecular flexibility index (Phi) is 3.83. The molecule has 2 nitrogen and oxygen atoms in total. The Bertz CT molecular complexity index is 323. The van der Waals surface area contributed by atoms with E-state index in [0.29, 0.717) is 12.0 Å². The molecule has 0 aliphatic rings. The average Bonchev–Trinajstić information content (AvgIpc) is 2.21. The summed E-state index contributed by atoms with van der Waals surface area (Å²) in [7, 11) is 0. The molecule has 0 saturated heterocycles. The lowest BCUT2D eigenvalue weighted by Crippen LogP contribution is -2.40. The molecule has 1 aromatic rings. The lowest BCUT2D eigenvalue weighted by molar-refractivity contribution is -0.0632. The summed E-state index contributed by atoms with van der Waals surface area (Å²) in [6.45, 7) is 3.34. The quantitative estimate of drug-likeness (QED) is 0.800. The summed E-state index contributed by atoms with van der Waals surface area (Å²) in [4.78, 5) is 0. The summed E-state index contributed by atoms with van der Waals surface area (Å²) < 4.78 is 13.2. The van der Waals surface area contributed by atoms with Gasteiger partial charge >= 0.3 is 0 Å². The number of halogens is 1. The van der Waals surface area contributed by atoms with Gasteiger partial charge in [0.05, 0.1) is 11.7 Å². The van der Waals surface area contributed by atoms with E-state index in [1.807, 2.05) is 0 Å². The van der Waals surface area contributed by atoms with Crippen LogP contribution in [0.25, 0.3) is 0 Å². The monoisotopic (exact) mass is 212 g/mol. The lowest BCUT2D eigenvalue weighted by Gasteiger charge is -2.27. The number of aliphatic hydroxyl groups excluding tert-OH is 1. The van der Waals surface area contributed by atoms with Crippen LogP contribution in [0.5, 0.6) is 0 Å². The molecule has 84 valence electrons. The maximum Gasteiger partial charge on any atom is 0.126 e. The van der Waals surface area contributed by atoms with E-state index in [2.05, 4.69) is 0 Å². The zero-order chi connectivity index (χ0) is 11.5. The van der Waals surface area contributed by atoms with Gasteiger partial charge in [0.1, 0.15) is 5.82 Å². The van der Waals surface area contributed by atoms with Gasteiger partial charge in [-0.25, -0.2) is 4.39 Å². The van der Waals surface area contributed by atoms with Crippen molar-refractivity contribution in [2.24, 2.45) is 0 Å². The number of aliphatic hydroxyl groups is 2. The van der Waals surface area contributed by atoms with Crippen LogP contribution >= 0.6 is 0 Å². The fraction of sp³-hybridized carbons (Fsp3) is 0.500. The Labute approximate surface area is 89.4 Å². The molecule has 1 rings (SSSR count). The molecule has 0 aliphatic heterocycles. The van der Waals surface area contributed by atoms with Gasteiger partial charge in [-0.05, 0) is 25.0 Å². The summed E-state index contributed by atoms with van der Waals surface area (Å²) in [5.74, 6) is -0.344. The molecule has 0 aromatic heterocycles. The van der Waals surface area contributed by atoms with E-state index < -0.39 is 11.7 Å². The molecular formula is C12H17FO2. The van der Waals surface area contributed by atoms with Crippen molar-refractivity contribution < 1.29 is 14.6 Å². The van der Waals surface area contributed by atoms with Crippen LogP contribution in [-0.4, -0.2) is 21.9 Å². The summed E-state index contributed by atoms with van der Waals surface area (Å²) >= 11 is 0. The second kappa shape index (κ2) is 4.73. The third kappa shape index (κ3) is 3.01. The van der Waals surface area contributed by atoms with Crippen molar-refractivity contribution in [3.8, 4) is 0 Å². The summed E-state index contributed by atoms with van der Waals surface area (Å²) in [6, 6.07) is 6.28. The Hall–Kier alpha value is -0.930. The van der Waals surface area contributed by atoms with E-state index in [0.717, 1.165) is 0 Å². The van der Waals surface area contributed by atoms with E-state index in [-0.39, 0.29) is 12.2 Å². The van der Waals surface area contributed by atoms with E-state index in [4.69, 9.17) is 0 Å². The lowest BCUT2D eigenvalue weighted by atomic mass is 9.91. The maximum atomic E-state index is 13.2. The minimum Gasteiger partial charge on any atom is -0.390 e. The third-order valence-electron chi connectivity index (χ3n) is 2.80. The van der Waals surface area contributed by atoms with Crippen LogP contribution in [0.15, 0.2) is 24.3 Å². The summed E-state index contributed by atoms with van der Waals surface area (Å²) in [5.41, 5.74) is -0.735. The van der Waals surface area contributed by atoms with Gasteiger partial charge < -0.3 is 10.2 Å². The van der Waals surface area contributed by atoms with Gasteiger partial charge in [0.25, 0.3) is 0 Å². The minimum absolute atomic E-state index is 0.132. The molecule has 0 spiro atoms. The van der Waals surface area contributed by atoms with Gasteiger partial charge in [-0.3, -0.25) is 0 Å². The second-order valence-electron chi connectivity index (χ2n) is 4.02.